The number of carboxylic acids is 1. The molecule has 2 aromatic carbocycles. The van der Waals surface area contributed by atoms with Crippen LogP contribution in [0.3, 0.4) is 0 Å². The lowest BCUT2D eigenvalue weighted by Crippen LogP contribution is -1.99. The van der Waals surface area contributed by atoms with Crippen LogP contribution in [0.1, 0.15) is 11.1 Å². The molecule has 0 unspecified atom stereocenters. The quantitative estimate of drug-likeness (QED) is 0.649. The summed E-state index contributed by atoms with van der Waals surface area (Å²) in [5, 5.41) is 9.84. The minimum atomic E-state index is -0.984. The number of carboxylic acid groups (broad SMARTS) is 1. The van der Waals surface area contributed by atoms with E-state index in [2.05, 4.69) is 15.9 Å². The van der Waals surface area contributed by atoms with Crippen LogP contribution in [0.15, 0.2) is 53.0 Å². The van der Waals surface area contributed by atoms with Crippen LogP contribution in [-0.2, 0) is 4.79 Å². The van der Waals surface area contributed by atoms with E-state index in [1.807, 2.05) is 12.1 Å². The van der Waals surface area contributed by atoms with E-state index in [4.69, 9.17) is 11.6 Å². The van der Waals surface area contributed by atoms with Crippen LogP contribution >= 0.6 is 27.5 Å². The molecule has 0 amide bonds. The molecule has 0 saturated heterocycles. The fourth-order valence-corrected chi connectivity index (χ4v) is 2.22. The summed E-state index contributed by atoms with van der Waals surface area (Å²) in [4.78, 5) is 11.4. The molecule has 19 heavy (non-hydrogen) atoms. The normalized spacial score (nSPS) is 11.4. The summed E-state index contributed by atoms with van der Waals surface area (Å²) in [6, 6.07) is 14.3. The number of carbonyl (C=O) groups is 1. The molecule has 96 valence electrons. The molecule has 0 fully saturated rings. The maximum atomic E-state index is 11.4. The van der Waals surface area contributed by atoms with Crippen LogP contribution in [-0.4, -0.2) is 11.1 Å². The van der Waals surface area contributed by atoms with Crippen molar-refractivity contribution in [3.05, 3.63) is 69.2 Å². The van der Waals surface area contributed by atoms with Gasteiger partial charge in [0.25, 0.3) is 0 Å². The van der Waals surface area contributed by atoms with Gasteiger partial charge in [-0.3, -0.25) is 0 Å². The predicted octanol–water partition coefficient (Wildman–Crippen LogP) is 4.73. The maximum absolute atomic E-state index is 11.4. The fraction of sp³-hybridized carbons (Fsp3) is 0. The Bertz CT molecular complexity index is 636. The molecule has 0 aromatic heterocycles. The van der Waals surface area contributed by atoms with Gasteiger partial charge in [-0.15, -0.1) is 0 Å². The fourth-order valence-electron chi connectivity index (χ4n) is 1.67. The Morgan fingerprint density at radius 2 is 1.84 bits per heavy atom. The molecule has 0 spiro atoms. The molecule has 0 atom stereocenters. The van der Waals surface area contributed by atoms with Crippen molar-refractivity contribution in [3.8, 4) is 0 Å². The molecule has 2 aromatic rings. The second-order valence-corrected chi connectivity index (χ2v) is 5.22. The Kier molecular flexibility index (Phi) is 4.40. The van der Waals surface area contributed by atoms with Gasteiger partial charge in [-0.25, -0.2) is 4.79 Å². The Labute approximate surface area is 124 Å². The first-order valence-electron chi connectivity index (χ1n) is 5.53. The van der Waals surface area contributed by atoms with Crippen molar-refractivity contribution in [2.75, 3.05) is 0 Å². The van der Waals surface area contributed by atoms with E-state index >= 15 is 0 Å². The molecule has 2 rings (SSSR count). The van der Waals surface area contributed by atoms with Gasteiger partial charge < -0.3 is 5.11 Å². The Morgan fingerprint density at radius 3 is 2.47 bits per heavy atom. The number of rotatable bonds is 3. The number of hydrogen-bond acceptors (Lipinski definition) is 1. The van der Waals surface area contributed by atoms with Crippen molar-refractivity contribution < 1.29 is 9.90 Å². The summed E-state index contributed by atoms with van der Waals surface area (Å²) in [6.07, 6.45) is 1.57. The summed E-state index contributed by atoms with van der Waals surface area (Å²) >= 11 is 9.42. The number of halogens is 2. The molecule has 0 aliphatic heterocycles. The van der Waals surface area contributed by atoms with E-state index in [1.165, 1.54) is 0 Å². The highest BCUT2D eigenvalue weighted by atomic mass is 79.9. The molecule has 0 heterocycles. The average molecular weight is 338 g/mol. The summed E-state index contributed by atoms with van der Waals surface area (Å²) in [7, 11) is 0. The van der Waals surface area contributed by atoms with Crippen molar-refractivity contribution in [2.24, 2.45) is 0 Å². The zero-order chi connectivity index (χ0) is 13.8. The van der Waals surface area contributed by atoms with E-state index in [-0.39, 0.29) is 5.57 Å². The summed E-state index contributed by atoms with van der Waals surface area (Å²) < 4.78 is 0.848. The van der Waals surface area contributed by atoms with Gasteiger partial charge in [-0.2, -0.15) is 0 Å². The topological polar surface area (TPSA) is 37.3 Å². The smallest absolute Gasteiger partial charge is 0.336 e. The first-order valence-corrected chi connectivity index (χ1v) is 6.70. The highest BCUT2D eigenvalue weighted by molar-refractivity contribution is 9.10. The van der Waals surface area contributed by atoms with Crippen LogP contribution in [0, 0.1) is 0 Å². The molecule has 4 heteroatoms. The van der Waals surface area contributed by atoms with Gasteiger partial charge in [0.15, 0.2) is 0 Å². The monoisotopic (exact) mass is 336 g/mol. The standard InChI is InChI=1S/C15H10BrClO2/c16-12-6-7-14(17)11(8-12)9-13(15(18)19)10-4-2-1-3-5-10/h1-9H,(H,18,19)/b13-9+. The Hall–Kier alpha value is -1.58. The van der Waals surface area contributed by atoms with Crippen molar-refractivity contribution >= 4 is 45.1 Å². The predicted molar refractivity (Wildman–Crippen MR) is 81.1 cm³/mol. The Balaban J connectivity index is 2.54. The number of aliphatic carboxylic acids is 1. The molecule has 0 aliphatic rings. The van der Waals surface area contributed by atoms with Gasteiger partial charge in [0.2, 0.25) is 0 Å². The zero-order valence-electron chi connectivity index (χ0n) is 9.81. The van der Waals surface area contributed by atoms with Gasteiger partial charge in [0, 0.05) is 9.50 Å². The molecular formula is C15H10BrClO2. The average Bonchev–Trinajstić information content (AvgIpc) is 2.40. The molecule has 1 N–H and O–H groups in total. The van der Waals surface area contributed by atoms with Gasteiger partial charge >= 0.3 is 5.97 Å². The lowest BCUT2D eigenvalue weighted by atomic mass is 10.0. The summed E-state index contributed by atoms with van der Waals surface area (Å²) in [6.45, 7) is 0. The van der Waals surface area contributed by atoms with Gasteiger partial charge in [0.05, 0.1) is 5.57 Å². The molecule has 0 bridgehead atoms. The summed E-state index contributed by atoms with van der Waals surface area (Å²) in [5.74, 6) is -0.984. The zero-order valence-corrected chi connectivity index (χ0v) is 12.1. The SMILES string of the molecule is O=C(O)/C(=C/c1cc(Br)ccc1Cl)c1ccccc1. The summed E-state index contributed by atoms with van der Waals surface area (Å²) in [5.41, 5.74) is 1.52. The molecular weight excluding hydrogens is 328 g/mol. The third kappa shape index (κ3) is 3.46. The molecule has 2 nitrogen and oxygen atoms in total. The van der Waals surface area contributed by atoms with E-state index in [9.17, 15) is 9.90 Å². The van der Waals surface area contributed by atoms with E-state index in [0.717, 1.165) is 4.47 Å². The van der Waals surface area contributed by atoms with Crippen LogP contribution in [0.4, 0.5) is 0 Å². The highest BCUT2D eigenvalue weighted by Gasteiger charge is 2.11. The molecule has 0 radical (unpaired) electrons. The van der Waals surface area contributed by atoms with Crippen LogP contribution in [0.2, 0.25) is 5.02 Å². The first kappa shape index (κ1) is 13.8. The second-order valence-electron chi connectivity index (χ2n) is 3.90. The maximum Gasteiger partial charge on any atom is 0.336 e. The van der Waals surface area contributed by atoms with Gasteiger partial charge in [0.1, 0.15) is 0 Å². The van der Waals surface area contributed by atoms with Crippen LogP contribution in [0.5, 0.6) is 0 Å². The minimum absolute atomic E-state index is 0.209. The Morgan fingerprint density at radius 1 is 1.16 bits per heavy atom. The van der Waals surface area contributed by atoms with Crippen molar-refractivity contribution in [1.29, 1.82) is 0 Å². The number of benzene rings is 2. The van der Waals surface area contributed by atoms with Gasteiger partial charge in [-0.05, 0) is 35.4 Å². The van der Waals surface area contributed by atoms with Crippen molar-refractivity contribution in [2.45, 2.75) is 0 Å². The highest BCUT2D eigenvalue weighted by Crippen LogP contribution is 2.26. The van der Waals surface area contributed by atoms with Crippen LogP contribution in [0.25, 0.3) is 11.6 Å². The van der Waals surface area contributed by atoms with E-state index < -0.39 is 5.97 Å². The van der Waals surface area contributed by atoms with Crippen molar-refractivity contribution in [1.82, 2.24) is 0 Å². The minimum Gasteiger partial charge on any atom is -0.478 e. The third-order valence-corrected chi connectivity index (χ3v) is 3.41. The number of hydrogen-bond donors (Lipinski definition) is 1. The van der Waals surface area contributed by atoms with E-state index in [1.54, 1.807) is 42.5 Å². The third-order valence-electron chi connectivity index (χ3n) is 2.57. The lowest BCUT2D eigenvalue weighted by molar-refractivity contribution is -0.130. The lowest BCUT2D eigenvalue weighted by Gasteiger charge is -2.05. The molecule has 0 saturated carbocycles. The van der Waals surface area contributed by atoms with Gasteiger partial charge in [-0.1, -0.05) is 57.9 Å². The molecule has 0 aliphatic carbocycles. The first-order chi connectivity index (χ1) is 9.08. The largest absolute Gasteiger partial charge is 0.478 e. The van der Waals surface area contributed by atoms with E-state index in [0.29, 0.717) is 16.1 Å². The van der Waals surface area contributed by atoms with Crippen LogP contribution < -0.4 is 0 Å². The van der Waals surface area contributed by atoms with Crippen molar-refractivity contribution in [3.63, 3.8) is 0 Å². The second kappa shape index (κ2) is 6.04.